The molecule has 13 nitrogen and oxygen atoms in total. The van der Waals surface area contributed by atoms with Gasteiger partial charge in [0.1, 0.15) is 22.8 Å². The molecule has 1 heterocycles. The van der Waals surface area contributed by atoms with E-state index < -0.39 is 58.0 Å². The highest BCUT2D eigenvalue weighted by atomic mass is 16.5. The summed E-state index contributed by atoms with van der Waals surface area (Å²) in [5, 5.41) is 46.6. The SMILES string of the molecule is CCC(C)OC(C)COC1CCN(Cc2cc(N(C)C)c3c(c2O)C(O)=C2C(=O)[C@]4(O)C(O)=C(C(N)=O)C(=O)[C@@H](N(C)C)[C@@H]4C[C@@H]2C3)CC1. The molecular formula is C36H52N4O9. The number of benzene rings is 1. The fraction of sp³-hybridized carbons (Fsp3) is 0.639. The minimum Gasteiger partial charge on any atom is -0.508 e. The van der Waals surface area contributed by atoms with E-state index in [0.29, 0.717) is 24.3 Å². The molecule has 2 fully saturated rings. The van der Waals surface area contributed by atoms with Crippen molar-refractivity contribution in [2.45, 2.75) is 89.4 Å². The van der Waals surface area contributed by atoms with Crippen LogP contribution in [0, 0.1) is 11.8 Å². The van der Waals surface area contributed by atoms with Crippen molar-refractivity contribution in [3.63, 3.8) is 0 Å². The Morgan fingerprint density at radius 2 is 1.76 bits per heavy atom. The Kier molecular flexibility index (Phi) is 10.5. The minimum atomic E-state index is -2.67. The van der Waals surface area contributed by atoms with Crippen molar-refractivity contribution in [1.82, 2.24) is 9.80 Å². The molecule has 2 unspecified atom stereocenters. The van der Waals surface area contributed by atoms with Gasteiger partial charge in [-0.3, -0.25) is 24.2 Å². The van der Waals surface area contributed by atoms with Crippen molar-refractivity contribution in [3.8, 4) is 5.75 Å². The van der Waals surface area contributed by atoms with Crippen molar-refractivity contribution < 1.29 is 44.3 Å². The number of Topliss-reactive ketones (excluding diaryl/α,β-unsaturated/α-hetero) is 2. The van der Waals surface area contributed by atoms with Crippen LogP contribution in [0.15, 0.2) is 23.0 Å². The van der Waals surface area contributed by atoms with Crippen LogP contribution in [0.1, 0.15) is 63.1 Å². The molecule has 0 spiro atoms. The molecule has 270 valence electrons. The summed E-state index contributed by atoms with van der Waals surface area (Å²) >= 11 is 0. The average molecular weight is 685 g/mol. The van der Waals surface area contributed by atoms with E-state index in [-0.39, 0.29) is 48.0 Å². The van der Waals surface area contributed by atoms with Crippen molar-refractivity contribution in [2.75, 3.05) is 52.8 Å². The number of aliphatic hydroxyl groups excluding tert-OH is 2. The van der Waals surface area contributed by atoms with Crippen LogP contribution in [0.4, 0.5) is 5.69 Å². The van der Waals surface area contributed by atoms with Crippen LogP contribution < -0.4 is 10.6 Å². The molecule has 1 saturated carbocycles. The van der Waals surface area contributed by atoms with E-state index in [2.05, 4.69) is 18.7 Å². The van der Waals surface area contributed by atoms with Crippen LogP contribution in [0.5, 0.6) is 5.75 Å². The Labute approximate surface area is 287 Å². The summed E-state index contributed by atoms with van der Waals surface area (Å²) in [6.07, 6.45) is 3.15. The number of ether oxygens (including phenoxy) is 2. The fourth-order valence-electron chi connectivity index (χ4n) is 8.14. The molecule has 5 rings (SSSR count). The maximum Gasteiger partial charge on any atom is 0.255 e. The summed E-state index contributed by atoms with van der Waals surface area (Å²) in [5.41, 5.74) is 3.85. The normalized spacial score (nSPS) is 27.6. The molecule has 6 N–H and O–H groups in total. The number of piperidine rings is 1. The third kappa shape index (κ3) is 6.47. The smallest absolute Gasteiger partial charge is 0.255 e. The van der Waals surface area contributed by atoms with E-state index in [1.807, 2.05) is 32.0 Å². The predicted octanol–water partition coefficient (Wildman–Crippen LogP) is 2.21. The molecule has 1 amide bonds. The standard InChI is InChI=1S/C36H52N4O9/c1-8-18(2)49-19(3)17-48-22-9-11-40(12-10-22)16-21-15-25(38(4)5)23-13-20-14-24-29(39(6)7)32(43)28(35(37)46)34(45)36(24,47)33(44)26(20)31(42)27(23)30(21)41/h15,18-20,22,24,29,41-42,45,47H,8-14,16-17H2,1-7H3,(H2,37,46)/t18?,19?,20-,24-,29-,36-/m0/s1. The number of phenols is 1. The van der Waals surface area contributed by atoms with E-state index in [4.69, 9.17) is 15.2 Å². The summed E-state index contributed by atoms with van der Waals surface area (Å²) in [7, 11) is 6.89. The number of fused-ring (bicyclic) bond motifs is 3. The number of carbonyl (C=O) groups excluding carboxylic acids is 3. The number of anilines is 1. The number of nitrogens with zero attached hydrogens (tertiary/aromatic N) is 3. The fourth-order valence-corrected chi connectivity index (χ4v) is 8.14. The number of aliphatic hydroxyl groups is 3. The first kappa shape index (κ1) is 36.8. The van der Waals surface area contributed by atoms with Gasteiger partial charge in [-0.2, -0.15) is 0 Å². The number of phenolic OH excluding ortho intramolecular Hbond substituents is 1. The molecule has 3 aliphatic carbocycles. The van der Waals surface area contributed by atoms with Crippen LogP contribution in [-0.4, -0.2) is 126 Å². The Hall–Kier alpha value is -3.49. The van der Waals surface area contributed by atoms with Gasteiger partial charge >= 0.3 is 0 Å². The third-order valence-corrected chi connectivity index (χ3v) is 10.8. The lowest BCUT2D eigenvalue weighted by Gasteiger charge is -2.50. The van der Waals surface area contributed by atoms with Gasteiger partial charge in [-0.15, -0.1) is 0 Å². The van der Waals surface area contributed by atoms with Gasteiger partial charge in [-0.1, -0.05) is 6.92 Å². The highest BCUT2D eigenvalue weighted by Crippen LogP contribution is 2.54. The second kappa shape index (κ2) is 14.0. The number of primary amides is 1. The average Bonchev–Trinajstić information content (AvgIpc) is 3.03. The largest absolute Gasteiger partial charge is 0.508 e. The van der Waals surface area contributed by atoms with Gasteiger partial charge in [0.25, 0.3) is 5.91 Å². The monoisotopic (exact) mass is 684 g/mol. The molecule has 49 heavy (non-hydrogen) atoms. The predicted molar refractivity (Wildman–Crippen MR) is 183 cm³/mol. The molecule has 13 heteroatoms. The molecule has 0 radical (unpaired) electrons. The zero-order valence-electron chi connectivity index (χ0n) is 29.7. The van der Waals surface area contributed by atoms with Crippen LogP contribution in [-0.2, 0) is 36.8 Å². The zero-order valence-corrected chi connectivity index (χ0v) is 29.7. The van der Waals surface area contributed by atoms with E-state index >= 15 is 0 Å². The molecule has 6 atom stereocenters. The number of aromatic hydroxyl groups is 1. The second-order valence-electron chi connectivity index (χ2n) is 14.6. The number of likely N-dealkylation sites (N-methyl/N-ethyl adjacent to an activating group) is 1. The van der Waals surface area contributed by atoms with Crippen molar-refractivity contribution in [1.29, 1.82) is 0 Å². The molecule has 4 aliphatic rings. The van der Waals surface area contributed by atoms with Gasteiger partial charge in [-0.25, -0.2) is 0 Å². The maximum absolute atomic E-state index is 14.3. The van der Waals surface area contributed by atoms with Gasteiger partial charge in [0.2, 0.25) is 5.78 Å². The molecule has 1 aliphatic heterocycles. The summed E-state index contributed by atoms with van der Waals surface area (Å²) in [6.45, 7) is 8.55. The number of amides is 1. The topological polar surface area (TPSA) is 186 Å². The number of carbonyl (C=O) groups is 3. The van der Waals surface area contributed by atoms with Crippen LogP contribution in [0.25, 0.3) is 5.76 Å². The highest BCUT2D eigenvalue weighted by Gasteiger charge is 2.64. The summed E-state index contributed by atoms with van der Waals surface area (Å²) in [4.78, 5) is 45.5. The van der Waals surface area contributed by atoms with Crippen molar-refractivity contribution in [2.24, 2.45) is 17.6 Å². The van der Waals surface area contributed by atoms with Gasteiger partial charge in [0.05, 0.1) is 36.5 Å². The number of rotatable bonds is 11. The molecule has 1 aromatic carbocycles. The lowest BCUT2D eigenvalue weighted by molar-refractivity contribution is -0.153. The van der Waals surface area contributed by atoms with Crippen LogP contribution in [0.2, 0.25) is 0 Å². The van der Waals surface area contributed by atoms with E-state index in [9.17, 15) is 34.8 Å². The lowest BCUT2D eigenvalue weighted by atomic mass is 9.57. The van der Waals surface area contributed by atoms with Gasteiger partial charge in [-0.05, 0) is 77.6 Å². The van der Waals surface area contributed by atoms with E-state index in [1.165, 1.54) is 4.90 Å². The van der Waals surface area contributed by atoms with Crippen LogP contribution >= 0.6 is 0 Å². The lowest BCUT2D eigenvalue weighted by Crippen LogP contribution is -2.65. The first-order chi connectivity index (χ1) is 23.0. The Balaban J connectivity index is 1.45. The number of likely N-dealkylation sites (tertiary alicyclic amines) is 1. The molecule has 0 bridgehead atoms. The number of hydrogen-bond acceptors (Lipinski definition) is 12. The number of hydrogen-bond donors (Lipinski definition) is 5. The molecule has 1 aromatic rings. The summed E-state index contributed by atoms with van der Waals surface area (Å²) in [5.74, 6) is -6.56. The van der Waals surface area contributed by atoms with Crippen molar-refractivity contribution in [3.05, 3.63) is 39.7 Å². The highest BCUT2D eigenvalue weighted by molar-refractivity contribution is 6.24. The molecule has 0 aromatic heterocycles. The second-order valence-corrected chi connectivity index (χ2v) is 14.6. The van der Waals surface area contributed by atoms with E-state index in [0.717, 1.165) is 38.0 Å². The number of nitrogens with two attached hydrogens (primary N) is 1. The summed E-state index contributed by atoms with van der Waals surface area (Å²) in [6, 6.07) is 0.780. The third-order valence-electron chi connectivity index (χ3n) is 10.8. The van der Waals surface area contributed by atoms with E-state index in [1.54, 1.807) is 14.1 Å². The maximum atomic E-state index is 14.3. The Bertz CT molecular complexity index is 1560. The minimum absolute atomic E-state index is 0.00845. The molecular weight excluding hydrogens is 632 g/mol. The summed E-state index contributed by atoms with van der Waals surface area (Å²) < 4.78 is 12.1. The van der Waals surface area contributed by atoms with Gasteiger partial charge < -0.3 is 40.5 Å². The van der Waals surface area contributed by atoms with Crippen molar-refractivity contribution >= 4 is 28.9 Å². The van der Waals surface area contributed by atoms with Gasteiger partial charge in [0.15, 0.2) is 11.4 Å². The number of ketones is 2. The first-order valence-corrected chi connectivity index (χ1v) is 17.2. The van der Waals surface area contributed by atoms with Gasteiger partial charge in [0, 0.05) is 56.5 Å². The first-order valence-electron chi connectivity index (χ1n) is 17.2. The Morgan fingerprint density at radius 3 is 2.33 bits per heavy atom. The molecule has 1 saturated heterocycles. The Morgan fingerprint density at radius 1 is 1.10 bits per heavy atom. The quantitative estimate of drug-likeness (QED) is 0.214. The zero-order chi connectivity index (χ0) is 36.1. The van der Waals surface area contributed by atoms with Crippen LogP contribution in [0.3, 0.4) is 0 Å².